The minimum absolute atomic E-state index is 0. The third kappa shape index (κ3) is 2.38. The molecule has 1 aromatic carbocycles. The van der Waals surface area contributed by atoms with Crippen LogP contribution in [-0.2, 0) is 0 Å². The van der Waals surface area contributed by atoms with Crippen LogP contribution >= 0.6 is 0 Å². The second kappa shape index (κ2) is 4.65. The molecule has 0 atom stereocenters. The third-order valence-electron chi connectivity index (χ3n) is 0.990. The van der Waals surface area contributed by atoms with Gasteiger partial charge in [0, 0.05) is 11.7 Å². The fourth-order valence-electron chi connectivity index (χ4n) is 0.605. The summed E-state index contributed by atoms with van der Waals surface area (Å²) in [4.78, 5) is 0. The highest BCUT2D eigenvalue weighted by Gasteiger charge is 1.80. The van der Waals surface area contributed by atoms with Gasteiger partial charge in [-0.15, -0.1) is 0 Å². The quantitative estimate of drug-likeness (QED) is 0.342. The van der Waals surface area contributed by atoms with E-state index in [0.29, 0.717) is 0 Å². The zero-order valence-corrected chi connectivity index (χ0v) is 4.96. The third-order valence-corrected chi connectivity index (χ3v) is 0.990. The van der Waals surface area contributed by atoms with Crippen LogP contribution in [0.15, 0.2) is 30.3 Å². The molecule has 0 aliphatic rings. The molecule has 0 amide bonds. The molecule has 1 aromatic rings. The molecule has 1 rings (SSSR count). The van der Waals surface area contributed by atoms with Crippen LogP contribution < -0.4 is 5.32 Å². The Kier molecular flexibility index (Phi) is 4.09. The van der Waals surface area contributed by atoms with E-state index in [4.69, 9.17) is 6.42 Å². The van der Waals surface area contributed by atoms with Gasteiger partial charge < -0.3 is 5.32 Å². The Bertz CT molecular complexity index is 212. The summed E-state index contributed by atoms with van der Waals surface area (Å²) in [6, 6.07) is 12.0. The minimum Gasteiger partial charge on any atom is -0.315 e. The van der Waals surface area contributed by atoms with Crippen molar-refractivity contribution >= 4 is 16.7 Å². The predicted molar refractivity (Wildman–Crippen MR) is 50.2 cm³/mol. The summed E-state index contributed by atoms with van der Waals surface area (Å²) in [5.41, 5.74) is 0.958. The van der Waals surface area contributed by atoms with Gasteiger partial charge in [0.15, 0.2) is 0 Å². The van der Waals surface area contributed by atoms with Crippen LogP contribution in [0.5, 0.6) is 0 Å². The van der Waals surface area contributed by atoms with Crippen LogP contribution in [0.3, 0.4) is 0 Å². The largest absolute Gasteiger partial charge is 0.315 e. The molecule has 0 bridgehead atoms. The molecular formula is C8H11NSi. The second-order valence-electron chi connectivity index (χ2n) is 1.64. The zero-order chi connectivity index (χ0) is 6.53. The molecule has 52 valence electrons. The van der Waals surface area contributed by atoms with Gasteiger partial charge in [-0.25, -0.2) is 0 Å². The standard InChI is InChI=1S/C8H7N.H4Si/c1-2-9-8-6-4-3-5-7-8;/h1,3-7,9H;1H4. The Morgan fingerprint density at radius 1 is 1.20 bits per heavy atom. The van der Waals surface area contributed by atoms with E-state index < -0.39 is 0 Å². The molecule has 0 heterocycles. The number of para-hydroxylation sites is 1. The van der Waals surface area contributed by atoms with Crippen molar-refractivity contribution in [2.24, 2.45) is 0 Å². The fraction of sp³-hybridized carbons (Fsp3) is 0. The van der Waals surface area contributed by atoms with Crippen molar-refractivity contribution in [1.82, 2.24) is 0 Å². The van der Waals surface area contributed by atoms with E-state index in [1.54, 1.807) is 0 Å². The first-order valence-corrected chi connectivity index (χ1v) is 2.70. The van der Waals surface area contributed by atoms with E-state index in [9.17, 15) is 0 Å². The van der Waals surface area contributed by atoms with Crippen LogP contribution in [0.4, 0.5) is 5.69 Å². The highest BCUT2D eigenvalue weighted by Crippen LogP contribution is 2.02. The van der Waals surface area contributed by atoms with Gasteiger partial charge in [-0.1, -0.05) is 24.6 Å². The normalized spacial score (nSPS) is 7.10. The molecule has 0 aliphatic heterocycles. The van der Waals surface area contributed by atoms with E-state index in [1.807, 2.05) is 30.3 Å². The van der Waals surface area contributed by atoms with Crippen LogP contribution in [0.1, 0.15) is 0 Å². The lowest BCUT2D eigenvalue weighted by atomic mass is 10.3. The molecule has 0 unspecified atom stereocenters. The average Bonchev–Trinajstić information content (AvgIpc) is 1.91. The van der Waals surface area contributed by atoms with Crippen molar-refractivity contribution < 1.29 is 0 Å². The molecule has 0 saturated carbocycles. The van der Waals surface area contributed by atoms with Crippen molar-refractivity contribution in [3.8, 4) is 12.5 Å². The lowest BCUT2D eigenvalue weighted by molar-refractivity contribution is 1.63. The molecule has 0 aromatic heterocycles. The number of nitrogens with one attached hydrogen (secondary N) is 1. The molecule has 0 fully saturated rings. The number of rotatable bonds is 1. The number of hydrogen-bond acceptors (Lipinski definition) is 1. The average molecular weight is 149 g/mol. The van der Waals surface area contributed by atoms with Crippen LogP contribution in [0, 0.1) is 12.5 Å². The van der Waals surface area contributed by atoms with Gasteiger partial charge >= 0.3 is 0 Å². The summed E-state index contributed by atoms with van der Waals surface area (Å²) >= 11 is 0. The highest BCUT2D eigenvalue weighted by atomic mass is 28.1. The topological polar surface area (TPSA) is 12.0 Å². The highest BCUT2D eigenvalue weighted by molar-refractivity contribution is 5.75. The summed E-state index contributed by atoms with van der Waals surface area (Å²) in [5.74, 6) is 0. The Hall–Kier alpha value is -1.20. The molecule has 10 heavy (non-hydrogen) atoms. The Balaban J connectivity index is 0.000000810. The Labute approximate surface area is 65.5 Å². The van der Waals surface area contributed by atoms with Gasteiger partial charge in [-0.3, -0.25) is 0 Å². The fourth-order valence-corrected chi connectivity index (χ4v) is 0.605. The zero-order valence-electron chi connectivity index (χ0n) is 4.96. The molecule has 0 spiro atoms. The summed E-state index contributed by atoms with van der Waals surface area (Å²) in [6.45, 7) is 0. The lowest BCUT2D eigenvalue weighted by Crippen LogP contribution is -1.83. The van der Waals surface area contributed by atoms with Crippen molar-refractivity contribution in [1.29, 1.82) is 0 Å². The number of benzene rings is 1. The SMILES string of the molecule is C#CNc1ccccc1.[SiH4]. The van der Waals surface area contributed by atoms with Crippen LogP contribution in [-0.4, -0.2) is 11.0 Å². The lowest BCUT2D eigenvalue weighted by Gasteiger charge is -1.93. The van der Waals surface area contributed by atoms with Gasteiger partial charge in [-0.05, 0) is 23.1 Å². The number of anilines is 1. The summed E-state index contributed by atoms with van der Waals surface area (Å²) in [5, 5.41) is 2.74. The van der Waals surface area contributed by atoms with E-state index in [0.717, 1.165) is 5.69 Å². The van der Waals surface area contributed by atoms with E-state index in [2.05, 4.69) is 11.4 Å². The van der Waals surface area contributed by atoms with Gasteiger partial charge in [-0.2, -0.15) is 0 Å². The maximum atomic E-state index is 5.00. The first kappa shape index (κ1) is 8.80. The number of terminal acetylenes is 1. The first-order chi connectivity index (χ1) is 4.43. The van der Waals surface area contributed by atoms with Gasteiger partial charge in [0.2, 0.25) is 0 Å². The predicted octanol–water partition coefficient (Wildman–Crippen LogP) is 0.238. The summed E-state index contributed by atoms with van der Waals surface area (Å²) in [6.07, 6.45) is 5.00. The number of hydrogen-bond donors (Lipinski definition) is 1. The minimum atomic E-state index is 0. The van der Waals surface area contributed by atoms with Crippen molar-refractivity contribution in [2.45, 2.75) is 0 Å². The molecule has 2 heteroatoms. The molecule has 0 radical (unpaired) electrons. The molecular weight excluding hydrogens is 138 g/mol. The molecule has 0 aliphatic carbocycles. The van der Waals surface area contributed by atoms with Crippen molar-refractivity contribution in [2.75, 3.05) is 5.32 Å². The van der Waals surface area contributed by atoms with Gasteiger partial charge in [0.05, 0.1) is 0 Å². The van der Waals surface area contributed by atoms with Crippen molar-refractivity contribution in [3.05, 3.63) is 30.3 Å². The van der Waals surface area contributed by atoms with Crippen LogP contribution in [0.25, 0.3) is 0 Å². The van der Waals surface area contributed by atoms with Crippen LogP contribution in [0.2, 0.25) is 0 Å². The molecule has 0 saturated heterocycles. The molecule has 1 N–H and O–H groups in total. The monoisotopic (exact) mass is 149 g/mol. The summed E-state index contributed by atoms with van der Waals surface area (Å²) in [7, 11) is 0. The second-order valence-corrected chi connectivity index (χ2v) is 1.64. The maximum absolute atomic E-state index is 5.00. The maximum Gasteiger partial charge on any atom is 0.0459 e. The Morgan fingerprint density at radius 3 is 2.30 bits per heavy atom. The van der Waals surface area contributed by atoms with Crippen molar-refractivity contribution in [3.63, 3.8) is 0 Å². The van der Waals surface area contributed by atoms with Gasteiger partial charge in [0.1, 0.15) is 0 Å². The van der Waals surface area contributed by atoms with E-state index in [1.165, 1.54) is 0 Å². The Morgan fingerprint density at radius 2 is 1.80 bits per heavy atom. The van der Waals surface area contributed by atoms with E-state index >= 15 is 0 Å². The first-order valence-electron chi connectivity index (χ1n) is 2.70. The van der Waals surface area contributed by atoms with E-state index in [-0.39, 0.29) is 11.0 Å². The summed E-state index contributed by atoms with van der Waals surface area (Å²) < 4.78 is 0. The van der Waals surface area contributed by atoms with Gasteiger partial charge in [0.25, 0.3) is 0 Å². The smallest absolute Gasteiger partial charge is 0.0459 e. The molecule has 1 nitrogen and oxygen atoms in total.